The molecule has 0 spiro atoms. The Balaban J connectivity index is 2.85. The van der Waals surface area contributed by atoms with Crippen molar-refractivity contribution in [2.75, 3.05) is 6.61 Å². The number of rotatable bonds is 4. The van der Waals surface area contributed by atoms with Gasteiger partial charge >= 0.3 is 5.97 Å². The fourth-order valence-corrected chi connectivity index (χ4v) is 1.34. The first-order valence-electron chi connectivity index (χ1n) is 5.04. The van der Waals surface area contributed by atoms with E-state index in [1.807, 2.05) is 0 Å². The topological polar surface area (TPSA) is 72.5 Å². The Labute approximate surface area is 97.0 Å². The second-order valence-electron chi connectivity index (χ2n) is 3.45. The Bertz CT molecular complexity index is 400. The number of phenols is 1. The minimum atomic E-state index is -1.14. The van der Waals surface area contributed by atoms with E-state index in [0.29, 0.717) is 0 Å². The third-order valence-electron chi connectivity index (χ3n) is 2.14. The van der Waals surface area contributed by atoms with E-state index in [1.165, 1.54) is 0 Å². The summed E-state index contributed by atoms with van der Waals surface area (Å²) < 4.78 is 31.2. The van der Waals surface area contributed by atoms with Crippen molar-refractivity contribution < 1.29 is 23.4 Å². The number of carbonyl (C=O) groups is 1. The van der Waals surface area contributed by atoms with Crippen molar-refractivity contribution in [3.8, 4) is 5.75 Å². The fraction of sp³-hybridized carbons (Fsp3) is 0.364. The van der Waals surface area contributed by atoms with Crippen molar-refractivity contribution in [3.63, 3.8) is 0 Å². The highest BCUT2D eigenvalue weighted by molar-refractivity contribution is 5.75. The smallest absolute Gasteiger partial charge is 0.323 e. The van der Waals surface area contributed by atoms with E-state index < -0.39 is 29.4 Å². The SMILES string of the molecule is CCOC(=O)C(N)Cc1c(F)cc(O)cc1F. The number of halogens is 2. The predicted molar refractivity (Wildman–Crippen MR) is 56.3 cm³/mol. The van der Waals surface area contributed by atoms with E-state index in [4.69, 9.17) is 10.8 Å². The number of hydrogen-bond acceptors (Lipinski definition) is 4. The van der Waals surface area contributed by atoms with Crippen molar-refractivity contribution in [1.82, 2.24) is 0 Å². The van der Waals surface area contributed by atoms with E-state index >= 15 is 0 Å². The molecule has 0 saturated heterocycles. The Morgan fingerprint density at radius 1 is 1.47 bits per heavy atom. The Kier molecular flexibility index (Phi) is 4.39. The summed E-state index contributed by atoms with van der Waals surface area (Å²) in [5, 5.41) is 8.94. The molecule has 3 N–H and O–H groups in total. The van der Waals surface area contributed by atoms with Gasteiger partial charge in [0.25, 0.3) is 0 Å². The maximum absolute atomic E-state index is 13.3. The van der Waals surface area contributed by atoms with Gasteiger partial charge in [0, 0.05) is 24.1 Å². The van der Waals surface area contributed by atoms with Crippen molar-refractivity contribution in [2.24, 2.45) is 5.73 Å². The van der Waals surface area contributed by atoms with Crippen molar-refractivity contribution in [1.29, 1.82) is 0 Å². The molecule has 0 radical (unpaired) electrons. The minimum Gasteiger partial charge on any atom is -0.508 e. The molecule has 0 aromatic heterocycles. The van der Waals surface area contributed by atoms with Crippen LogP contribution in [0.3, 0.4) is 0 Å². The molecule has 0 bridgehead atoms. The molecule has 1 aromatic rings. The van der Waals surface area contributed by atoms with Gasteiger partial charge in [0.05, 0.1) is 6.61 Å². The summed E-state index contributed by atoms with van der Waals surface area (Å²) in [5.41, 5.74) is 5.10. The molecule has 0 saturated carbocycles. The standard InChI is InChI=1S/C11H13F2NO3/c1-2-17-11(16)10(14)5-7-8(12)3-6(15)4-9(7)13/h3-4,10,15H,2,5,14H2,1H3. The minimum absolute atomic E-state index is 0.146. The van der Waals surface area contributed by atoms with E-state index in [0.717, 1.165) is 12.1 Å². The summed E-state index contributed by atoms with van der Waals surface area (Å²) in [4.78, 5) is 11.2. The highest BCUT2D eigenvalue weighted by Crippen LogP contribution is 2.20. The second kappa shape index (κ2) is 5.58. The molecule has 0 aliphatic carbocycles. The lowest BCUT2D eigenvalue weighted by atomic mass is 10.1. The van der Waals surface area contributed by atoms with Gasteiger partial charge in [-0.05, 0) is 6.92 Å². The van der Waals surface area contributed by atoms with Crippen molar-refractivity contribution in [3.05, 3.63) is 29.3 Å². The van der Waals surface area contributed by atoms with E-state index in [9.17, 15) is 13.6 Å². The number of benzene rings is 1. The zero-order chi connectivity index (χ0) is 13.0. The third-order valence-corrected chi connectivity index (χ3v) is 2.14. The molecule has 1 atom stereocenters. The van der Waals surface area contributed by atoms with Gasteiger partial charge in [0.2, 0.25) is 0 Å². The first-order valence-corrected chi connectivity index (χ1v) is 5.04. The summed E-state index contributed by atoms with van der Waals surface area (Å²) in [7, 11) is 0. The fourth-order valence-electron chi connectivity index (χ4n) is 1.34. The van der Waals surface area contributed by atoms with Crippen LogP contribution in [0.4, 0.5) is 8.78 Å². The first-order chi connectivity index (χ1) is 7.95. The third kappa shape index (κ3) is 3.39. The van der Waals surface area contributed by atoms with Crippen LogP contribution in [0.15, 0.2) is 12.1 Å². The average molecular weight is 245 g/mol. The average Bonchev–Trinajstić information content (AvgIpc) is 2.23. The zero-order valence-electron chi connectivity index (χ0n) is 9.24. The molecule has 0 heterocycles. The van der Waals surface area contributed by atoms with Gasteiger partial charge in [-0.25, -0.2) is 8.78 Å². The second-order valence-corrected chi connectivity index (χ2v) is 3.45. The largest absolute Gasteiger partial charge is 0.508 e. The number of ether oxygens (including phenoxy) is 1. The van der Waals surface area contributed by atoms with E-state index in [2.05, 4.69) is 4.74 Å². The maximum atomic E-state index is 13.3. The summed E-state index contributed by atoms with van der Waals surface area (Å²) in [6.45, 7) is 1.75. The molecular weight excluding hydrogens is 232 g/mol. The summed E-state index contributed by atoms with van der Waals surface area (Å²) in [6.07, 6.45) is -0.323. The van der Waals surface area contributed by atoms with Crippen LogP contribution < -0.4 is 5.73 Å². The summed E-state index contributed by atoms with van der Waals surface area (Å²) in [6, 6.07) is 0.385. The van der Waals surface area contributed by atoms with Gasteiger partial charge in [-0.3, -0.25) is 4.79 Å². The van der Waals surface area contributed by atoms with Gasteiger partial charge in [-0.2, -0.15) is 0 Å². The molecular formula is C11H13F2NO3. The molecule has 94 valence electrons. The number of aromatic hydroxyl groups is 1. The van der Waals surface area contributed by atoms with Crippen LogP contribution in [0.2, 0.25) is 0 Å². The lowest BCUT2D eigenvalue weighted by Gasteiger charge is -2.11. The first kappa shape index (κ1) is 13.4. The normalized spacial score (nSPS) is 12.2. The maximum Gasteiger partial charge on any atom is 0.323 e. The van der Waals surface area contributed by atoms with E-state index in [1.54, 1.807) is 6.92 Å². The Morgan fingerprint density at radius 2 is 2.00 bits per heavy atom. The quantitative estimate of drug-likeness (QED) is 0.779. The van der Waals surface area contributed by atoms with Crippen molar-refractivity contribution >= 4 is 5.97 Å². The molecule has 1 unspecified atom stereocenters. The summed E-state index contributed by atoms with van der Waals surface area (Å²) >= 11 is 0. The van der Waals surface area contributed by atoms with Crippen LogP contribution in [-0.4, -0.2) is 23.7 Å². The van der Waals surface area contributed by atoms with Gasteiger partial charge < -0.3 is 15.6 Å². The van der Waals surface area contributed by atoms with Crippen LogP contribution in [0.5, 0.6) is 5.75 Å². The van der Waals surface area contributed by atoms with Crippen LogP contribution >= 0.6 is 0 Å². The molecule has 4 nitrogen and oxygen atoms in total. The molecule has 0 aliphatic heterocycles. The van der Waals surface area contributed by atoms with Crippen LogP contribution in [-0.2, 0) is 16.0 Å². The number of esters is 1. The van der Waals surface area contributed by atoms with Crippen molar-refractivity contribution in [2.45, 2.75) is 19.4 Å². The van der Waals surface area contributed by atoms with Crippen LogP contribution in [0.25, 0.3) is 0 Å². The van der Waals surface area contributed by atoms with Crippen LogP contribution in [0.1, 0.15) is 12.5 Å². The van der Waals surface area contributed by atoms with E-state index in [-0.39, 0.29) is 18.6 Å². The van der Waals surface area contributed by atoms with Gasteiger partial charge in [0.15, 0.2) is 0 Å². The number of carbonyl (C=O) groups excluding carboxylic acids is 1. The molecule has 0 aliphatic rings. The number of nitrogens with two attached hydrogens (primary N) is 1. The van der Waals surface area contributed by atoms with Gasteiger partial charge in [0.1, 0.15) is 23.4 Å². The molecule has 1 rings (SSSR count). The lowest BCUT2D eigenvalue weighted by Crippen LogP contribution is -2.35. The number of phenolic OH excluding ortho intramolecular Hbond substituents is 1. The van der Waals surface area contributed by atoms with Gasteiger partial charge in [-0.1, -0.05) is 0 Å². The predicted octanol–water partition coefficient (Wildman–Crippen LogP) is 1.10. The summed E-state index contributed by atoms with van der Waals surface area (Å²) in [5.74, 6) is -3.13. The number of hydrogen-bond donors (Lipinski definition) is 2. The lowest BCUT2D eigenvalue weighted by molar-refractivity contribution is -0.144. The highest BCUT2D eigenvalue weighted by Gasteiger charge is 2.20. The Morgan fingerprint density at radius 3 is 2.47 bits per heavy atom. The molecule has 0 fully saturated rings. The molecule has 0 amide bonds. The van der Waals surface area contributed by atoms with Crippen LogP contribution in [0, 0.1) is 11.6 Å². The highest BCUT2D eigenvalue weighted by atomic mass is 19.1. The molecule has 17 heavy (non-hydrogen) atoms. The molecule has 6 heteroatoms. The Hall–Kier alpha value is -1.69. The monoisotopic (exact) mass is 245 g/mol. The molecule has 1 aromatic carbocycles. The zero-order valence-corrected chi connectivity index (χ0v) is 9.24. The van der Waals surface area contributed by atoms with Gasteiger partial charge in [-0.15, -0.1) is 0 Å².